The fourth-order valence-electron chi connectivity index (χ4n) is 3.60. The Morgan fingerprint density at radius 3 is 2.51 bits per heavy atom. The molecule has 180 valence electrons. The third-order valence-electron chi connectivity index (χ3n) is 5.15. The van der Waals surface area contributed by atoms with Crippen LogP contribution in [0.15, 0.2) is 65.6 Å². The normalized spacial score (nSPS) is 15.2. The quantitative estimate of drug-likeness (QED) is 0.425. The number of hydrogen-bond donors (Lipinski definition) is 1. The van der Waals surface area contributed by atoms with Crippen LogP contribution in [0.25, 0.3) is 16.8 Å². The molecule has 3 amide bonds. The van der Waals surface area contributed by atoms with Crippen molar-refractivity contribution < 1.29 is 32.3 Å². The van der Waals surface area contributed by atoms with Crippen molar-refractivity contribution in [3.05, 3.63) is 76.7 Å². The Hall–Kier alpha value is -3.79. The maximum Gasteiger partial charge on any atom is 0.416 e. The molecule has 3 aromatic rings. The Morgan fingerprint density at radius 2 is 1.80 bits per heavy atom. The van der Waals surface area contributed by atoms with Crippen LogP contribution in [0, 0.1) is 0 Å². The number of rotatable bonds is 6. The largest absolute Gasteiger partial charge is 0.493 e. The molecule has 10 heteroatoms. The Kier molecular flexibility index (Phi) is 6.83. The summed E-state index contributed by atoms with van der Waals surface area (Å²) in [6.07, 6.45) is -2.99. The van der Waals surface area contributed by atoms with Gasteiger partial charge in [0.05, 0.1) is 17.1 Å². The molecule has 1 N–H and O–H groups in total. The van der Waals surface area contributed by atoms with E-state index in [-0.39, 0.29) is 10.6 Å². The number of ether oxygens (including phenoxy) is 1. The minimum absolute atomic E-state index is 0.0896. The average Bonchev–Trinajstić information content (AvgIpc) is 3.07. The van der Waals surface area contributed by atoms with Crippen LogP contribution in [0.5, 0.6) is 5.75 Å². The molecule has 0 spiro atoms. The van der Waals surface area contributed by atoms with Crippen molar-refractivity contribution in [2.24, 2.45) is 0 Å². The second-order valence-electron chi connectivity index (χ2n) is 7.53. The third kappa shape index (κ3) is 5.32. The predicted octanol–water partition coefficient (Wildman–Crippen LogP) is 5.93. The monoisotopic (exact) mass is 500 g/mol. The summed E-state index contributed by atoms with van der Waals surface area (Å²) in [4.78, 5) is 38.6. The number of halogens is 3. The SMILES string of the molecule is CCOc1ccc(C=C2SC(=O)N(CC(=O)Nc3cccc(C(F)(F)F)c3)C2=O)c2ccccc12. The summed E-state index contributed by atoms with van der Waals surface area (Å²) in [6.45, 7) is 1.74. The Morgan fingerprint density at radius 1 is 1.06 bits per heavy atom. The minimum Gasteiger partial charge on any atom is -0.493 e. The van der Waals surface area contributed by atoms with Gasteiger partial charge >= 0.3 is 6.18 Å². The highest BCUT2D eigenvalue weighted by Crippen LogP contribution is 2.36. The van der Waals surface area contributed by atoms with Crippen molar-refractivity contribution in [1.29, 1.82) is 0 Å². The molecular weight excluding hydrogens is 481 g/mol. The van der Waals surface area contributed by atoms with Crippen molar-refractivity contribution in [3.8, 4) is 5.75 Å². The zero-order valence-corrected chi connectivity index (χ0v) is 19.2. The lowest BCUT2D eigenvalue weighted by Gasteiger charge is -2.13. The highest BCUT2D eigenvalue weighted by molar-refractivity contribution is 8.18. The molecule has 0 unspecified atom stereocenters. The molecule has 1 aliphatic heterocycles. The molecule has 6 nitrogen and oxygen atoms in total. The standard InChI is InChI=1S/C25H19F3N2O4S/c1-2-34-20-11-10-15(18-8-3-4-9-19(18)20)12-21-23(32)30(24(33)35-21)14-22(31)29-17-7-5-6-16(13-17)25(26,27)28/h3-13H,2,14H2,1H3,(H,29,31). The van der Waals surface area contributed by atoms with Gasteiger partial charge in [-0.25, -0.2) is 0 Å². The second-order valence-corrected chi connectivity index (χ2v) is 8.52. The van der Waals surface area contributed by atoms with Gasteiger partial charge in [0, 0.05) is 11.1 Å². The number of fused-ring (bicyclic) bond motifs is 1. The van der Waals surface area contributed by atoms with Gasteiger partial charge in [-0.3, -0.25) is 19.3 Å². The van der Waals surface area contributed by atoms with Crippen LogP contribution in [-0.2, 0) is 15.8 Å². The zero-order chi connectivity index (χ0) is 25.2. The van der Waals surface area contributed by atoms with Gasteiger partial charge in [-0.05, 0) is 60.0 Å². The smallest absolute Gasteiger partial charge is 0.416 e. The Labute approximate surface area is 202 Å². The van der Waals surface area contributed by atoms with Crippen LogP contribution in [0.4, 0.5) is 23.7 Å². The summed E-state index contributed by atoms with van der Waals surface area (Å²) in [5.41, 5.74) is -0.317. The lowest BCUT2D eigenvalue weighted by atomic mass is 10.0. The van der Waals surface area contributed by atoms with Crippen LogP contribution in [0.3, 0.4) is 0 Å². The fourth-order valence-corrected chi connectivity index (χ4v) is 4.43. The fraction of sp³-hybridized carbons (Fsp3) is 0.160. The van der Waals surface area contributed by atoms with Gasteiger partial charge in [-0.1, -0.05) is 36.4 Å². The third-order valence-corrected chi connectivity index (χ3v) is 6.06. The maximum atomic E-state index is 12.9. The molecule has 0 bridgehead atoms. The van der Waals surface area contributed by atoms with E-state index in [1.54, 1.807) is 18.2 Å². The lowest BCUT2D eigenvalue weighted by molar-refractivity contribution is -0.137. The summed E-state index contributed by atoms with van der Waals surface area (Å²) in [5.74, 6) is -0.754. The van der Waals surface area contributed by atoms with E-state index in [1.165, 1.54) is 6.07 Å². The van der Waals surface area contributed by atoms with E-state index in [0.29, 0.717) is 29.7 Å². The first-order valence-corrected chi connectivity index (χ1v) is 11.4. The molecule has 0 saturated carbocycles. The van der Waals surface area contributed by atoms with E-state index in [1.807, 2.05) is 31.2 Å². The number of alkyl halides is 3. The van der Waals surface area contributed by atoms with Crippen molar-refractivity contribution >= 4 is 51.4 Å². The maximum absolute atomic E-state index is 12.9. The number of thioether (sulfide) groups is 1. The van der Waals surface area contributed by atoms with Crippen molar-refractivity contribution in [3.63, 3.8) is 0 Å². The van der Waals surface area contributed by atoms with Gasteiger partial charge in [0.25, 0.3) is 11.1 Å². The highest BCUT2D eigenvalue weighted by atomic mass is 32.2. The van der Waals surface area contributed by atoms with Gasteiger partial charge in [0.2, 0.25) is 5.91 Å². The van der Waals surface area contributed by atoms with Gasteiger partial charge in [0.15, 0.2) is 0 Å². The number of nitrogens with one attached hydrogen (secondary N) is 1. The van der Waals surface area contributed by atoms with E-state index < -0.39 is 35.3 Å². The average molecular weight is 500 g/mol. The molecule has 1 saturated heterocycles. The molecular formula is C25H19F3N2O4S. The Balaban J connectivity index is 1.52. The summed E-state index contributed by atoms with van der Waals surface area (Å²) >= 11 is 0.692. The topological polar surface area (TPSA) is 75.7 Å². The Bertz CT molecular complexity index is 1350. The first-order valence-electron chi connectivity index (χ1n) is 10.5. The number of hydrogen-bond acceptors (Lipinski definition) is 5. The second kappa shape index (κ2) is 9.83. The molecule has 0 atom stereocenters. The summed E-state index contributed by atoms with van der Waals surface area (Å²) in [7, 11) is 0. The zero-order valence-electron chi connectivity index (χ0n) is 18.4. The van der Waals surface area contributed by atoms with Gasteiger partial charge < -0.3 is 10.1 Å². The predicted molar refractivity (Wildman–Crippen MR) is 128 cm³/mol. The number of benzene rings is 3. The molecule has 1 fully saturated rings. The van der Waals surface area contributed by atoms with Crippen LogP contribution in [0.2, 0.25) is 0 Å². The van der Waals surface area contributed by atoms with Gasteiger partial charge in [-0.15, -0.1) is 0 Å². The number of anilines is 1. The van der Waals surface area contributed by atoms with E-state index in [9.17, 15) is 27.6 Å². The van der Waals surface area contributed by atoms with Crippen molar-refractivity contribution in [2.75, 3.05) is 18.5 Å². The summed E-state index contributed by atoms with van der Waals surface area (Å²) in [5, 5.41) is 3.33. The van der Waals surface area contributed by atoms with E-state index >= 15 is 0 Å². The number of amides is 3. The molecule has 0 radical (unpaired) electrons. The van der Waals surface area contributed by atoms with Crippen LogP contribution >= 0.6 is 11.8 Å². The van der Waals surface area contributed by atoms with Crippen LogP contribution in [-0.4, -0.2) is 35.1 Å². The van der Waals surface area contributed by atoms with Gasteiger partial charge in [-0.2, -0.15) is 13.2 Å². The molecule has 1 heterocycles. The number of nitrogens with zero attached hydrogens (tertiary/aromatic N) is 1. The molecule has 0 aliphatic carbocycles. The van der Waals surface area contributed by atoms with Crippen molar-refractivity contribution in [1.82, 2.24) is 4.90 Å². The van der Waals surface area contributed by atoms with E-state index in [2.05, 4.69) is 5.32 Å². The first kappa shape index (κ1) is 24.3. The van der Waals surface area contributed by atoms with Gasteiger partial charge in [0.1, 0.15) is 12.3 Å². The van der Waals surface area contributed by atoms with Crippen LogP contribution < -0.4 is 10.1 Å². The molecule has 1 aliphatic rings. The number of carbonyl (C=O) groups is 3. The van der Waals surface area contributed by atoms with E-state index in [4.69, 9.17) is 4.74 Å². The summed E-state index contributed by atoms with van der Waals surface area (Å²) in [6, 6.07) is 15.1. The number of carbonyl (C=O) groups excluding carboxylic acids is 3. The number of imide groups is 1. The van der Waals surface area contributed by atoms with Crippen LogP contribution in [0.1, 0.15) is 18.1 Å². The minimum atomic E-state index is -4.57. The molecule has 0 aromatic heterocycles. The van der Waals surface area contributed by atoms with Crippen molar-refractivity contribution in [2.45, 2.75) is 13.1 Å². The highest BCUT2D eigenvalue weighted by Gasteiger charge is 2.36. The molecule has 4 rings (SSSR count). The first-order chi connectivity index (χ1) is 16.7. The molecule has 3 aromatic carbocycles. The molecule has 35 heavy (non-hydrogen) atoms. The summed E-state index contributed by atoms with van der Waals surface area (Å²) < 4.78 is 44.3. The van der Waals surface area contributed by atoms with E-state index in [0.717, 1.165) is 33.9 Å². The lowest BCUT2D eigenvalue weighted by Crippen LogP contribution is -2.36.